The topological polar surface area (TPSA) is 57.5 Å². The predicted molar refractivity (Wildman–Crippen MR) is 89.5 cm³/mol. The van der Waals surface area contributed by atoms with E-state index in [9.17, 15) is 8.78 Å². The first-order chi connectivity index (χ1) is 10.1. The second-order valence-corrected chi connectivity index (χ2v) is 5.41. The molecule has 0 aliphatic heterocycles. The average molecular weight is 393 g/mol. The van der Waals surface area contributed by atoms with Gasteiger partial charge in [0.15, 0.2) is 0 Å². The fraction of sp³-hybridized carbons (Fsp3) is 0.143. The number of hydrogen-bond acceptors (Lipinski definition) is 4. The minimum Gasteiger partial charge on any atom is -0.433 e. The third kappa shape index (κ3) is 5.57. The Morgan fingerprint density at radius 1 is 1.41 bits per heavy atom. The smallest absolute Gasteiger partial charge is 0.394 e. The summed E-state index contributed by atoms with van der Waals surface area (Å²) in [6.07, 6.45) is -3.25. The van der Waals surface area contributed by atoms with E-state index in [0.29, 0.717) is 12.6 Å². The van der Waals surface area contributed by atoms with Gasteiger partial charge in [0.05, 0.1) is 5.57 Å². The molecule has 22 heavy (non-hydrogen) atoms. The molecule has 8 heteroatoms. The summed E-state index contributed by atoms with van der Waals surface area (Å²) in [6, 6.07) is 5.77. The quantitative estimate of drug-likeness (QED) is 0.499. The molecule has 1 rings (SSSR count). The molecule has 0 atom stereocenters. The van der Waals surface area contributed by atoms with E-state index < -0.39 is 6.11 Å². The fourth-order valence-electron chi connectivity index (χ4n) is 1.48. The highest BCUT2D eigenvalue weighted by molar-refractivity contribution is 9.18. The number of anilines is 1. The van der Waals surface area contributed by atoms with E-state index in [1.807, 2.05) is 0 Å². The molecular weight excluding hydrogens is 380 g/mol. The highest BCUT2D eigenvalue weighted by Gasteiger charge is 2.22. The molecule has 0 amide bonds. The molecule has 0 heterocycles. The van der Waals surface area contributed by atoms with Crippen LogP contribution in [0.1, 0.15) is 6.92 Å². The van der Waals surface area contributed by atoms with Crippen LogP contribution in [-0.4, -0.2) is 17.4 Å². The van der Waals surface area contributed by atoms with Crippen molar-refractivity contribution < 1.29 is 13.5 Å². The summed E-state index contributed by atoms with van der Waals surface area (Å²) in [7, 11) is 0. The van der Waals surface area contributed by atoms with Crippen molar-refractivity contribution in [1.29, 1.82) is 5.41 Å². The second-order valence-electron chi connectivity index (χ2n) is 4.16. The van der Waals surface area contributed by atoms with Crippen LogP contribution in [0.15, 0.2) is 52.3 Å². The Balaban J connectivity index is 3.02. The molecule has 0 saturated carbocycles. The minimum atomic E-state index is -3.25. The number of nitrogens with one attached hydrogen (secondary N) is 2. The summed E-state index contributed by atoms with van der Waals surface area (Å²) in [5.74, 6) is 0.224. The standard InChI is InChI=1S/C14H13BrClF2N3O/c1-8(16)11(12(15)19)13(20-3)21-9-4-6-10(7-5-9)22-14(2,17)18/h4-7,19,21H,1,3H2,2H3/b13-11-,19-12?. The zero-order chi connectivity index (χ0) is 16.9. The molecule has 0 radical (unpaired) electrons. The van der Waals surface area contributed by atoms with Gasteiger partial charge in [0.25, 0.3) is 0 Å². The van der Waals surface area contributed by atoms with Crippen LogP contribution in [0.2, 0.25) is 0 Å². The Hall–Kier alpha value is -1.73. The van der Waals surface area contributed by atoms with Gasteiger partial charge in [-0.1, -0.05) is 18.2 Å². The Labute approximate surface area is 140 Å². The Morgan fingerprint density at radius 3 is 2.32 bits per heavy atom. The second kappa shape index (κ2) is 7.51. The SMILES string of the molecule is C=N/C(Nc1ccc(OC(C)(F)F)cc1)=C(\C(=C)Cl)C(=N)Br. The van der Waals surface area contributed by atoms with Crippen molar-refractivity contribution in [3.63, 3.8) is 0 Å². The van der Waals surface area contributed by atoms with Crippen molar-refractivity contribution in [2.24, 2.45) is 4.99 Å². The van der Waals surface area contributed by atoms with Gasteiger partial charge in [-0.2, -0.15) is 8.78 Å². The van der Waals surface area contributed by atoms with Crippen molar-refractivity contribution >= 4 is 44.6 Å². The summed E-state index contributed by atoms with van der Waals surface area (Å²) in [4.78, 5) is 3.76. The molecule has 0 spiro atoms. The number of allylic oxidation sites excluding steroid dienone is 2. The van der Waals surface area contributed by atoms with Crippen LogP contribution in [-0.2, 0) is 0 Å². The zero-order valence-corrected chi connectivity index (χ0v) is 13.9. The fourth-order valence-corrected chi connectivity index (χ4v) is 2.21. The molecule has 1 aromatic carbocycles. The third-order valence-corrected chi connectivity index (χ3v) is 2.89. The van der Waals surface area contributed by atoms with Crippen LogP contribution < -0.4 is 10.1 Å². The number of nitrogens with zero attached hydrogens (tertiary/aromatic N) is 1. The largest absolute Gasteiger partial charge is 0.433 e. The highest BCUT2D eigenvalue weighted by Crippen LogP contribution is 2.26. The van der Waals surface area contributed by atoms with Crippen molar-refractivity contribution in [3.05, 3.63) is 47.3 Å². The average Bonchev–Trinajstić information content (AvgIpc) is 2.37. The summed E-state index contributed by atoms with van der Waals surface area (Å²) in [5.41, 5.74) is 0.760. The van der Waals surface area contributed by atoms with Gasteiger partial charge >= 0.3 is 6.11 Å². The van der Waals surface area contributed by atoms with Gasteiger partial charge in [-0.05, 0) is 46.9 Å². The van der Waals surface area contributed by atoms with Gasteiger partial charge in [0.2, 0.25) is 0 Å². The molecule has 0 saturated heterocycles. The number of hydrogen-bond donors (Lipinski definition) is 2. The lowest BCUT2D eigenvalue weighted by molar-refractivity contribution is -0.158. The van der Waals surface area contributed by atoms with Gasteiger partial charge in [-0.15, -0.1) is 0 Å². The maximum atomic E-state index is 12.7. The lowest BCUT2D eigenvalue weighted by atomic mass is 10.2. The monoisotopic (exact) mass is 391 g/mol. The number of halogens is 4. The molecule has 0 unspecified atom stereocenters. The zero-order valence-electron chi connectivity index (χ0n) is 11.6. The first-order valence-corrected chi connectivity index (χ1v) is 7.05. The van der Waals surface area contributed by atoms with Gasteiger partial charge in [-0.3, -0.25) is 5.41 Å². The molecular formula is C14H13BrClF2N3O. The first-order valence-electron chi connectivity index (χ1n) is 5.88. The van der Waals surface area contributed by atoms with Gasteiger partial charge in [-0.25, -0.2) is 4.99 Å². The summed E-state index contributed by atoms with van der Waals surface area (Å²) in [5, 5.41) is 10.6. The van der Waals surface area contributed by atoms with Crippen LogP contribution >= 0.6 is 27.5 Å². The van der Waals surface area contributed by atoms with E-state index in [2.05, 4.69) is 44.3 Å². The number of rotatable bonds is 7. The molecule has 118 valence electrons. The third-order valence-electron chi connectivity index (χ3n) is 2.30. The molecule has 1 aromatic rings. The first kappa shape index (κ1) is 18.3. The number of alkyl halides is 2. The minimum absolute atomic E-state index is 0.0188. The van der Waals surface area contributed by atoms with Crippen LogP contribution in [0.4, 0.5) is 14.5 Å². The maximum Gasteiger partial charge on any atom is 0.394 e. The lowest BCUT2D eigenvalue weighted by Gasteiger charge is -2.14. The van der Waals surface area contributed by atoms with E-state index in [4.69, 9.17) is 17.0 Å². The molecule has 0 bridgehead atoms. The van der Waals surface area contributed by atoms with Gasteiger partial charge < -0.3 is 10.1 Å². The summed E-state index contributed by atoms with van der Waals surface area (Å²) < 4.78 is 29.9. The summed E-state index contributed by atoms with van der Waals surface area (Å²) >= 11 is 8.81. The van der Waals surface area contributed by atoms with E-state index >= 15 is 0 Å². The van der Waals surface area contributed by atoms with E-state index in [-0.39, 0.29) is 26.8 Å². The molecule has 0 fully saturated rings. The van der Waals surface area contributed by atoms with Gasteiger partial charge in [0, 0.05) is 17.6 Å². The van der Waals surface area contributed by atoms with E-state index in [0.717, 1.165) is 0 Å². The Kier molecular flexibility index (Phi) is 6.25. The van der Waals surface area contributed by atoms with Crippen LogP contribution in [0.25, 0.3) is 0 Å². The number of benzene rings is 1. The van der Waals surface area contributed by atoms with Crippen molar-refractivity contribution in [2.75, 3.05) is 5.32 Å². The molecule has 0 aromatic heterocycles. The Morgan fingerprint density at radius 2 is 1.95 bits per heavy atom. The van der Waals surface area contributed by atoms with Crippen molar-refractivity contribution in [2.45, 2.75) is 13.0 Å². The molecule has 4 nitrogen and oxygen atoms in total. The number of ether oxygens (including phenoxy) is 1. The molecule has 2 N–H and O–H groups in total. The van der Waals surface area contributed by atoms with Crippen molar-refractivity contribution in [1.82, 2.24) is 0 Å². The van der Waals surface area contributed by atoms with E-state index in [1.54, 1.807) is 0 Å². The van der Waals surface area contributed by atoms with Crippen LogP contribution in [0, 0.1) is 5.41 Å². The Bertz CT molecular complexity index is 608. The molecule has 0 aliphatic rings. The summed E-state index contributed by atoms with van der Waals surface area (Å²) in [6.45, 7) is 7.60. The maximum absolute atomic E-state index is 12.7. The normalized spacial score (nSPS) is 12.2. The van der Waals surface area contributed by atoms with Crippen molar-refractivity contribution in [3.8, 4) is 5.75 Å². The highest BCUT2D eigenvalue weighted by atomic mass is 79.9. The predicted octanol–water partition coefficient (Wildman–Crippen LogP) is 5.13. The molecule has 0 aliphatic carbocycles. The lowest BCUT2D eigenvalue weighted by Crippen LogP contribution is -2.19. The van der Waals surface area contributed by atoms with Gasteiger partial charge in [0.1, 0.15) is 16.2 Å². The van der Waals surface area contributed by atoms with Crippen LogP contribution in [0.5, 0.6) is 5.75 Å². The number of aliphatic imine (C=N–C) groups is 1. The van der Waals surface area contributed by atoms with E-state index in [1.165, 1.54) is 24.3 Å². The van der Waals surface area contributed by atoms with Crippen LogP contribution in [0.3, 0.4) is 0 Å².